The summed E-state index contributed by atoms with van der Waals surface area (Å²) in [5, 5.41) is 0. The predicted molar refractivity (Wildman–Crippen MR) is 109 cm³/mol. The Morgan fingerprint density at radius 2 is 1.30 bits per heavy atom. The molecule has 6 heteroatoms. The van der Waals surface area contributed by atoms with Crippen molar-refractivity contribution in [2.24, 2.45) is 0 Å². The molecule has 2 heterocycles. The van der Waals surface area contributed by atoms with Gasteiger partial charge in [-0.2, -0.15) is 0 Å². The van der Waals surface area contributed by atoms with Crippen LogP contribution in [-0.4, -0.2) is 34.6 Å². The zero-order valence-corrected chi connectivity index (χ0v) is 17.8. The number of fused-ring (bicyclic) bond motifs is 4. The topological polar surface area (TPSA) is 52.6 Å². The maximum Gasteiger partial charge on any atom is 0.344 e. The molecular weight excluding hydrogens is 380 g/mol. The SMILES string of the molecule is CCOC(=O)C1=CC2=C3CCCC3=C3C=C(C(=O)OCC)SC3(C)C2(C)S1. The van der Waals surface area contributed by atoms with E-state index in [-0.39, 0.29) is 21.4 Å². The van der Waals surface area contributed by atoms with Crippen LogP contribution < -0.4 is 0 Å². The van der Waals surface area contributed by atoms with E-state index in [1.807, 2.05) is 26.0 Å². The van der Waals surface area contributed by atoms with Gasteiger partial charge in [-0.05, 0) is 81.4 Å². The van der Waals surface area contributed by atoms with E-state index in [0.717, 1.165) is 19.3 Å². The van der Waals surface area contributed by atoms with Crippen molar-refractivity contribution in [1.82, 2.24) is 0 Å². The van der Waals surface area contributed by atoms with E-state index in [1.165, 1.54) is 22.3 Å². The highest BCUT2D eigenvalue weighted by atomic mass is 32.2. The molecule has 0 N–H and O–H groups in total. The van der Waals surface area contributed by atoms with Crippen LogP contribution in [0.15, 0.2) is 44.3 Å². The molecule has 0 aromatic carbocycles. The van der Waals surface area contributed by atoms with E-state index in [2.05, 4.69) is 13.8 Å². The molecule has 0 radical (unpaired) electrons. The van der Waals surface area contributed by atoms with E-state index in [1.54, 1.807) is 23.5 Å². The van der Waals surface area contributed by atoms with Gasteiger partial charge >= 0.3 is 11.9 Å². The summed E-state index contributed by atoms with van der Waals surface area (Å²) in [6.45, 7) is 8.79. The number of allylic oxidation sites excluding steroid dienone is 4. The summed E-state index contributed by atoms with van der Waals surface area (Å²) in [6.07, 6.45) is 7.24. The van der Waals surface area contributed by atoms with Crippen molar-refractivity contribution >= 4 is 35.5 Å². The number of carbonyl (C=O) groups excluding carboxylic acids is 2. The minimum absolute atomic E-state index is 0.252. The van der Waals surface area contributed by atoms with Gasteiger partial charge in [-0.1, -0.05) is 0 Å². The van der Waals surface area contributed by atoms with Crippen molar-refractivity contribution < 1.29 is 19.1 Å². The summed E-state index contributed by atoms with van der Waals surface area (Å²) in [5.74, 6) is -0.505. The Balaban J connectivity index is 1.81. The van der Waals surface area contributed by atoms with Gasteiger partial charge in [0.25, 0.3) is 0 Å². The molecule has 2 aliphatic heterocycles. The van der Waals surface area contributed by atoms with Crippen molar-refractivity contribution in [2.75, 3.05) is 13.2 Å². The summed E-state index contributed by atoms with van der Waals surface area (Å²) >= 11 is 3.17. The molecule has 4 aliphatic rings. The van der Waals surface area contributed by atoms with E-state index < -0.39 is 0 Å². The summed E-state index contributed by atoms with van der Waals surface area (Å²) < 4.78 is 9.90. The summed E-state index contributed by atoms with van der Waals surface area (Å²) in [7, 11) is 0. The Labute approximate surface area is 168 Å². The van der Waals surface area contributed by atoms with E-state index >= 15 is 0 Å². The van der Waals surface area contributed by atoms with Crippen molar-refractivity contribution in [3.05, 3.63) is 44.3 Å². The molecule has 2 unspecified atom stereocenters. The lowest BCUT2D eigenvalue weighted by molar-refractivity contribution is -0.138. The standard InChI is InChI=1S/C21H24O4S2/c1-5-24-18(22)16-10-14-12-8-7-9-13(12)15-11-17(19(23)25-6-2)27-21(15,4)20(14,3)26-16/h10-11H,5-9H2,1-4H3. The third-order valence-electron chi connectivity index (χ3n) is 5.94. The third-order valence-corrected chi connectivity index (χ3v) is 9.15. The van der Waals surface area contributed by atoms with Gasteiger partial charge in [-0.25, -0.2) is 9.59 Å². The first-order valence-electron chi connectivity index (χ1n) is 9.49. The molecule has 4 rings (SSSR count). The molecule has 2 aliphatic carbocycles. The Bertz CT molecular complexity index is 793. The van der Waals surface area contributed by atoms with Crippen LogP contribution in [0, 0.1) is 0 Å². The first kappa shape index (κ1) is 18.9. The van der Waals surface area contributed by atoms with Gasteiger partial charge in [-0.3, -0.25) is 0 Å². The second-order valence-corrected chi connectivity index (χ2v) is 10.3. The second kappa shape index (κ2) is 6.59. The normalized spacial score (nSPS) is 31.3. The van der Waals surface area contributed by atoms with Crippen LogP contribution in [0.3, 0.4) is 0 Å². The highest BCUT2D eigenvalue weighted by Crippen LogP contribution is 2.68. The number of ether oxygens (including phenoxy) is 2. The highest BCUT2D eigenvalue weighted by Gasteiger charge is 2.60. The van der Waals surface area contributed by atoms with Crippen LogP contribution in [0.1, 0.15) is 47.0 Å². The van der Waals surface area contributed by atoms with Gasteiger partial charge in [0.1, 0.15) is 0 Å². The number of rotatable bonds is 4. The number of esters is 2. The Kier molecular flexibility index (Phi) is 4.62. The first-order valence-corrected chi connectivity index (χ1v) is 11.1. The predicted octanol–water partition coefficient (Wildman–Crippen LogP) is 4.68. The summed E-state index contributed by atoms with van der Waals surface area (Å²) in [4.78, 5) is 26.2. The first-order chi connectivity index (χ1) is 12.9. The van der Waals surface area contributed by atoms with Gasteiger partial charge in [0.15, 0.2) is 0 Å². The molecule has 0 bridgehead atoms. The van der Waals surface area contributed by atoms with Gasteiger partial charge in [0.2, 0.25) is 0 Å². The van der Waals surface area contributed by atoms with Gasteiger partial charge in [0, 0.05) is 0 Å². The largest absolute Gasteiger partial charge is 0.462 e. The monoisotopic (exact) mass is 404 g/mol. The molecule has 0 aromatic heterocycles. The number of thioether (sulfide) groups is 2. The Hall–Kier alpha value is -1.40. The maximum absolute atomic E-state index is 12.4. The zero-order valence-electron chi connectivity index (χ0n) is 16.1. The summed E-state index contributed by atoms with van der Waals surface area (Å²) in [5.41, 5.74) is 5.19. The zero-order chi connectivity index (χ0) is 19.4. The molecule has 1 fully saturated rings. The molecule has 27 heavy (non-hydrogen) atoms. The fourth-order valence-electron chi connectivity index (χ4n) is 4.55. The van der Waals surface area contributed by atoms with Gasteiger partial charge in [0.05, 0.1) is 32.5 Å². The van der Waals surface area contributed by atoms with Crippen LogP contribution in [0.4, 0.5) is 0 Å². The fourth-order valence-corrected chi connectivity index (χ4v) is 7.51. The molecule has 1 saturated carbocycles. The lowest BCUT2D eigenvalue weighted by Gasteiger charge is -2.46. The molecule has 2 atom stereocenters. The number of carbonyl (C=O) groups is 2. The van der Waals surface area contributed by atoms with Gasteiger partial charge in [-0.15, -0.1) is 23.5 Å². The smallest absolute Gasteiger partial charge is 0.344 e. The molecule has 0 saturated heterocycles. The van der Waals surface area contributed by atoms with Gasteiger partial charge < -0.3 is 9.47 Å². The molecule has 144 valence electrons. The second-order valence-electron chi connectivity index (χ2n) is 7.37. The highest BCUT2D eigenvalue weighted by molar-refractivity contribution is 8.10. The van der Waals surface area contributed by atoms with Crippen molar-refractivity contribution in [2.45, 2.75) is 56.5 Å². The van der Waals surface area contributed by atoms with E-state index in [4.69, 9.17) is 9.47 Å². The molecule has 0 spiro atoms. The fraction of sp³-hybridized carbons (Fsp3) is 0.524. The number of hydrogen-bond acceptors (Lipinski definition) is 6. The Morgan fingerprint density at radius 3 is 1.67 bits per heavy atom. The van der Waals surface area contributed by atoms with Crippen molar-refractivity contribution in [3.8, 4) is 0 Å². The average Bonchev–Trinajstić information content (AvgIpc) is 3.30. The summed E-state index contributed by atoms with van der Waals surface area (Å²) in [6, 6.07) is 0. The van der Waals surface area contributed by atoms with Crippen molar-refractivity contribution in [3.63, 3.8) is 0 Å². The number of hydrogen-bond donors (Lipinski definition) is 0. The third kappa shape index (κ3) is 2.59. The quantitative estimate of drug-likeness (QED) is 0.634. The van der Waals surface area contributed by atoms with Crippen LogP contribution in [0.5, 0.6) is 0 Å². The lowest BCUT2D eigenvalue weighted by atomic mass is 9.72. The van der Waals surface area contributed by atoms with Crippen LogP contribution in [-0.2, 0) is 19.1 Å². The van der Waals surface area contributed by atoms with Crippen LogP contribution in [0.25, 0.3) is 0 Å². The maximum atomic E-state index is 12.4. The molecule has 0 aromatic rings. The molecule has 0 amide bonds. The van der Waals surface area contributed by atoms with Crippen LogP contribution >= 0.6 is 23.5 Å². The minimum Gasteiger partial charge on any atom is -0.462 e. The van der Waals surface area contributed by atoms with E-state index in [9.17, 15) is 9.59 Å². The minimum atomic E-state index is -0.316. The average molecular weight is 405 g/mol. The molecule has 4 nitrogen and oxygen atoms in total. The van der Waals surface area contributed by atoms with Crippen LogP contribution in [0.2, 0.25) is 0 Å². The lowest BCUT2D eigenvalue weighted by Crippen LogP contribution is -2.47. The van der Waals surface area contributed by atoms with Crippen molar-refractivity contribution in [1.29, 1.82) is 0 Å². The Morgan fingerprint density at radius 1 is 0.889 bits per heavy atom. The molecular formula is C21H24O4S2. The van der Waals surface area contributed by atoms with E-state index in [0.29, 0.717) is 23.0 Å².